The van der Waals surface area contributed by atoms with Crippen molar-refractivity contribution in [3.63, 3.8) is 0 Å². The lowest BCUT2D eigenvalue weighted by Crippen LogP contribution is -2.32. The average Bonchev–Trinajstić information content (AvgIpc) is 2.37. The minimum absolute atomic E-state index is 0.00901. The van der Waals surface area contributed by atoms with Gasteiger partial charge in [0.15, 0.2) is 15.8 Å². The van der Waals surface area contributed by atoms with Crippen LogP contribution in [0.25, 0.3) is 0 Å². The molecule has 0 atom stereocenters. The summed E-state index contributed by atoms with van der Waals surface area (Å²) in [6.45, 7) is 9.45. The molecule has 0 unspecified atom stereocenters. The molecule has 124 valence electrons. The Labute approximate surface area is 133 Å². The van der Waals surface area contributed by atoms with Crippen molar-refractivity contribution in [3.8, 4) is 0 Å². The van der Waals surface area contributed by atoms with Gasteiger partial charge in [0.2, 0.25) is 0 Å². The summed E-state index contributed by atoms with van der Waals surface area (Å²) < 4.78 is 23.2. The van der Waals surface area contributed by atoms with Crippen LogP contribution in [-0.2, 0) is 9.84 Å². The minimum atomic E-state index is -3.17. The summed E-state index contributed by atoms with van der Waals surface area (Å²) >= 11 is 0. The molecule has 0 saturated carbocycles. The number of sulfone groups is 1. The number of nitrogens with one attached hydrogen (secondary N) is 1. The molecule has 0 radical (unpaired) electrons. The average molecular weight is 325 g/mol. The summed E-state index contributed by atoms with van der Waals surface area (Å²) in [6.07, 6.45) is 0. The van der Waals surface area contributed by atoms with Crippen molar-refractivity contribution in [2.45, 2.75) is 45.3 Å². The largest absolute Gasteiger partial charge is 0.370 e. The van der Waals surface area contributed by atoms with Gasteiger partial charge in [0.05, 0.1) is 17.0 Å². The van der Waals surface area contributed by atoms with Gasteiger partial charge in [-0.2, -0.15) is 0 Å². The highest BCUT2D eigenvalue weighted by Gasteiger charge is 2.28. The molecule has 0 bridgehead atoms. The molecule has 1 rings (SSSR count). The fraction of sp³-hybridized carbons (Fsp3) is 0.562. The van der Waals surface area contributed by atoms with Crippen molar-refractivity contribution in [2.75, 3.05) is 17.6 Å². The van der Waals surface area contributed by atoms with Crippen molar-refractivity contribution >= 4 is 21.5 Å². The van der Waals surface area contributed by atoms with Gasteiger partial charge in [-0.15, -0.1) is 0 Å². The van der Waals surface area contributed by atoms with Crippen LogP contribution >= 0.6 is 0 Å². The first-order chi connectivity index (χ1) is 10.0. The molecule has 0 amide bonds. The Kier molecular flexibility index (Phi) is 6.00. The molecule has 0 aromatic heterocycles. The zero-order valence-corrected chi connectivity index (χ0v) is 14.9. The van der Waals surface area contributed by atoms with Crippen molar-refractivity contribution < 1.29 is 8.42 Å². The smallest absolute Gasteiger partial charge is 0.193 e. The predicted molar refractivity (Wildman–Crippen MR) is 94.2 cm³/mol. The highest BCUT2D eigenvalue weighted by Crippen LogP contribution is 2.18. The molecule has 0 aliphatic carbocycles. The van der Waals surface area contributed by atoms with Crippen LogP contribution in [0.2, 0.25) is 0 Å². The molecule has 0 fully saturated rings. The van der Waals surface area contributed by atoms with E-state index in [1.165, 1.54) is 5.56 Å². The zero-order chi connectivity index (χ0) is 17.0. The van der Waals surface area contributed by atoms with E-state index in [0.717, 1.165) is 5.69 Å². The Hall–Kier alpha value is -1.56. The lowest BCUT2D eigenvalue weighted by Gasteiger charge is -2.18. The molecular weight excluding hydrogens is 298 g/mol. The van der Waals surface area contributed by atoms with Crippen molar-refractivity contribution in [2.24, 2.45) is 10.7 Å². The molecule has 22 heavy (non-hydrogen) atoms. The molecule has 1 aromatic rings. The lowest BCUT2D eigenvalue weighted by molar-refractivity contribution is 0.560. The molecule has 1 aromatic carbocycles. The van der Waals surface area contributed by atoms with Crippen LogP contribution in [0.15, 0.2) is 29.3 Å². The third-order valence-corrected chi connectivity index (χ3v) is 5.99. The summed E-state index contributed by atoms with van der Waals surface area (Å²) in [6, 6.07) is 7.92. The quantitative estimate of drug-likeness (QED) is 0.644. The number of hydrogen-bond donors (Lipinski definition) is 2. The third-order valence-electron chi connectivity index (χ3n) is 3.40. The van der Waals surface area contributed by atoms with E-state index < -0.39 is 14.6 Å². The predicted octanol–water partition coefficient (Wildman–Crippen LogP) is 2.75. The van der Waals surface area contributed by atoms with Crippen molar-refractivity contribution in [3.05, 3.63) is 29.8 Å². The standard InChI is InChI=1S/C16H27N3O2S/c1-12(2)13-7-6-8-14(11-13)19-15(17)18-9-10-22(20,21)16(3,4)5/h6-8,11-12H,9-10H2,1-5H3,(H3,17,18,19). The van der Waals surface area contributed by atoms with E-state index in [4.69, 9.17) is 5.73 Å². The van der Waals surface area contributed by atoms with Crippen LogP contribution in [-0.4, -0.2) is 31.4 Å². The first kappa shape index (κ1) is 18.5. The van der Waals surface area contributed by atoms with Gasteiger partial charge in [0.1, 0.15) is 0 Å². The van der Waals surface area contributed by atoms with Crippen LogP contribution in [0.3, 0.4) is 0 Å². The van der Waals surface area contributed by atoms with Crippen LogP contribution in [0.5, 0.6) is 0 Å². The summed E-state index contributed by atoms with van der Waals surface area (Å²) in [5.41, 5.74) is 7.87. The number of guanidine groups is 1. The van der Waals surface area contributed by atoms with Gasteiger partial charge in [0.25, 0.3) is 0 Å². The Morgan fingerprint density at radius 1 is 1.32 bits per heavy atom. The Balaban J connectivity index is 2.66. The van der Waals surface area contributed by atoms with Crippen LogP contribution in [0.4, 0.5) is 5.69 Å². The zero-order valence-electron chi connectivity index (χ0n) is 14.1. The number of nitrogens with zero attached hydrogens (tertiary/aromatic N) is 1. The van der Waals surface area contributed by atoms with Gasteiger partial charge in [-0.3, -0.25) is 4.99 Å². The van der Waals surface area contributed by atoms with E-state index in [9.17, 15) is 8.42 Å². The van der Waals surface area contributed by atoms with Gasteiger partial charge in [0, 0.05) is 5.69 Å². The second-order valence-electron chi connectivity index (χ2n) is 6.60. The summed E-state index contributed by atoms with van der Waals surface area (Å²) in [4.78, 5) is 4.10. The Morgan fingerprint density at radius 2 is 1.95 bits per heavy atom. The molecular formula is C16H27N3O2S. The van der Waals surface area contributed by atoms with Crippen LogP contribution in [0.1, 0.15) is 46.1 Å². The SMILES string of the molecule is CC(C)c1cccc(NC(N)=NCCS(=O)(=O)C(C)(C)C)c1. The highest BCUT2D eigenvalue weighted by molar-refractivity contribution is 7.92. The fourth-order valence-electron chi connectivity index (χ4n) is 1.76. The molecule has 6 heteroatoms. The van der Waals surface area contributed by atoms with Crippen LogP contribution < -0.4 is 11.1 Å². The monoisotopic (exact) mass is 325 g/mol. The number of rotatable bonds is 5. The normalized spacial score (nSPS) is 13.5. The Bertz CT molecular complexity index is 629. The molecule has 0 saturated heterocycles. The van der Waals surface area contributed by atoms with Gasteiger partial charge in [-0.05, 0) is 44.4 Å². The first-order valence-corrected chi connectivity index (χ1v) is 9.07. The van der Waals surface area contributed by atoms with Crippen molar-refractivity contribution in [1.29, 1.82) is 0 Å². The second-order valence-corrected chi connectivity index (χ2v) is 9.47. The number of hydrogen-bond acceptors (Lipinski definition) is 3. The minimum Gasteiger partial charge on any atom is -0.370 e. The summed E-state index contributed by atoms with van der Waals surface area (Å²) in [7, 11) is -3.17. The van der Waals surface area contributed by atoms with Gasteiger partial charge in [-0.1, -0.05) is 26.0 Å². The molecule has 0 spiro atoms. The summed E-state index contributed by atoms with van der Waals surface area (Å²) in [5.74, 6) is 0.645. The fourth-order valence-corrected chi connectivity index (χ4v) is 2.70. The molecule has 5 nitrogen and oxygen atoms in total. The topological polar surface area (TPSA) is 84.5 Å². The third kappa shape index (κ3) is 5.33. The van der Waals surface area contributed by atoms with Crippen molar-refractivity contribution in [1.82, 2.24) is 0 Å². The highest BCUT2D eigenvalue weighted by atomic mass is 32.2. The number of nitrogens with two attached hydrogens (primary N) is 1. The maximum atomic E-state index is 12.0. The number of anilines is 1. The van der Waals surface area contributed by atoms with Crippen LogP contribution in [0, 0.1) is 0 Å². The Morgan fingerprint density at radius 3 is 2.50 bits per heavy atom. The number of aliphatic imine (C=N–C) groups is 1. The lowest BCUT2D eigenvalue weighted by atomic mass is 10.0. The van der Waals surface area contributed by atoms with Gasteiger partial charge < -0.3 is 11.1 Å². The van der Waals surface area contributed by atoms with E-state index in [0.29, 0.717) is 5.92 Å². The van der Waals surface area contributed by atoms with E-state index in [1.807, 2.05) is 18.2 Å². The van der Waals surface area contributed by atoms with E-state index in [1.54, 1.807) is 20.8 Å². The van der Waals surface area contributed by atoms with E-state index in [-0.39, 0.29) is 18.3 Å². The maximum absolute atomic E-state index is 12.0. The molecule has 0 aliphatic heterocycles. The number of benzene rings is 1. The van der Waals surface area contributed by atoms with E-state index in [2.05, 4.69) is 30.2 Å². The molecule has 0 aliphatic rings. The maximum Gasteiger partial charge on any atom is 0.193 e. The van der Waals surface area contributed by atoms with Gasteiger partial charge >= 0.3 is 0 Å². The molecule has 3 N–H and O–H groups in total. The first-order valence-electron chi connectivity index (χ1n) is 7.42. The summed E-state index contributed by atoms with van der Waals surface area (Å²) in [5, 5.41) is 3.00. The molecule has 0 heterocycles. The van der Waals surface area contributed by atoms with E-state index >= 15 is 0 Å². The second kappa shape index (κ2) is 7.13. The van der Waals surface area contributed by atoms with Gasteiger partial charge in [-0.25, -0.2) is 8.42 Å².